The molecule has 1 N–H and O–H groups in total. The Morgan fingerprint density at radius 2 is 0.761 bits per heavy atom. The zero-order valence-corrected chi connectivity index (χ0v) is 37.2. The van der Waals surface area contributed by atoms with Gasteiger partial charge in [0.25, 0.3) is 0 Å². The van der Waals surface area contributed by atoms with Crippen LogP contribution in [0.5, 0.6) is 0 Å². The van der Waals surface area contributed by atoms with Crippen LogP contribution in [0.1, 0.15) is 33.4 Å². The first-order valence-electron chi connectivity index (χ1n) is 22.7. The summed E-state index contributed by atoms with van der Waals surface area (Å²) < 4.78 is 59.9. The molecule has 0 amide bonds. The average molecular weight is 908 g/mol. The molecule has 2 aliphatic rings. The molecule has 10 atom stereocenters. The summed E-state index contributed by atoms with van der Waals surface area (Å²) in [7, 11) is 0. The van der Waals surface area contributed by atoms with Crippen LogP contribution < -0.4 is 0 Å². The monoisotopic (exact) mass is 907 g/mol. The zero-order valence-electron chi connectivity index (χ0n) is 37.2. The molecule has 0 spiro atoms. The van der Waals surface area contributed by atoms with Crippen molar-refractivity contribution >= 4 is 0 Å². The van der Waals surface area contributed by atoms with Gasteiger partial charge < -0.3 is 47.7 Å². The molecule has 13 nitrogen and oxygen atoms in total. The van der Waals surface area contributed by atoms with E-state index in [1.54, 1.807) is 0 Å². The Balaban J connectivity index is 1.15. The first kappa shape index (κ1) is 47.7. The predicted molar refractivity (Wildman–Crippen MR) is 250 cm³/mol. The molecular formula is C54H57N3O10. The topological polar surface area (TPSA) is 152 Å². The van der Waals surface area contributed by atoms with Gasteiger partial charge in [-0.15, -0.1) is 0 Å². The van der Waals surface area contributed by atoms with E-state index in [1.807, 2.05) is 182 Å². The molecule has 67 heavy (non-hydrogen) atoms. The van der Waals surface area contributed by atoms with Gasteiger partial charge in [-0.1, -0.05) is 187 Å². The Bertz CT molecular complexity index is 2350. The van der Waals surface area contributed by atoms with Gasteiger partial charge in [-0.25, -0.2) is 0 Å². The normalized spacial score (nSPS) is 25.0. The molecule has 0 aromatic heterocycles. The summed E-state index contributed by atoms with van der Waals surface area (Å²) >= 11 is 0. The summed E-state index contributed by atoms with van der Waals surface area (Å²) in [5, 5.41) is 16.2. The van der Waals surface area contributed by atoms with Crippen LogP contribution in [0.4, 0.5) is 0 Å². The van der Waals surface area contributed by atoms with Crippen molar-refractivity contribution in [2.75, 3.05) is 13.2 Å². The number of nitrogens with zero attached hydrogens (tertiary/aromatic N) is 3. The summed E-state index contributed by atoms with van der Waals surface area (Å²) in [6.45, 7) is 1.33. The summed E-state index contributed by atoms with van der Waals surface area (Å²) in [6.07, 6.45) is -9.14. The van der Waals surface area contributed by atoms with E-state index in [0.29, 0.717) is 6.61 Å². The second-order valence-electron chi connectivity index (χ2n) is 16.5. The van der Waals surface area contributed by atoms with E-state index in [1.165, 1.54) is 0 Å². The molecule has 0 bridgehead atoms. The maximum atomic E-state index is 11.8. The fourth-order valence-corrected chi connectivity index (χ4v) is 8.23. The third kappa shape index (κ3) is 13.9. The van der Waals surface area contributed by atoms with Crippen molar-refractivity contribution in [3.05, 3.63) is 226 Å². The van der Waals surface area contributed by atoms with E-state index in [0.717, 1.165) is 33.4 Å². The SMILES string of the molecule is [N-]=[N+]=N[C@H]1[C@H](O[C@H]2[C@H](OCc3ccccc3)[C@H](OCc3ccccc3)[C@H](O)O[C@@H]2COCc2ccccc2)O[C@H](COCc2ccccc2)[C@@H](OCc2ccccc2)[C@@H]1OCc1ccccc1. The van der Waals surface area contributed by atoms with E-state index in [2.05, 4.69) is 10.0 Å². The lowest BCUT2D eigenvalue weighted by Gasteiger charge is -2.49. The zero-order chi connectivity index (χ0) is 45.9. The Morgan fingerprint density at radius 3 is 1.16 bits per heavy atom. The van der Waals surface area contributed by atoms with Crippen molar-refractivity contribution in [3.63, 3.8) is 0 Å². The highest BCUT2D eigenvalue weighted by Crippen LogP contribution is 2.36. The van der Waals surface area contributed by atoms with Crippen LogP contribution >= 0.6 is 0 Å². The molecule has 0 saturated carbocycles. The second-order valence-corrected chi connectivity index (χ2v) is 16.5. The van der Waals surface area contributed by atoms with E-state index in [4.69, 9.17) is 42.6 Å². The maximum Gasteiger partial charge on any atom is 0.184 e. The molecule has 6 aromatic rings. The fourth-order valence-electron chi connectivity index (χ4n) is 8.23. The Hall–Kier alpha value is -5.77. The quantitative estimate of drug-likeness (QED) is 0.0374. The number of azide groups is 1. The minimum atomic E-state index is -1.44. The highest BCUT2D eigenvalue weighted by Gasteiger charge is 2.53. The summed E-state index contributed by atoms with van der Waals surface area (Å²) in [4.78, 5) is 3.32. The third-order valence-electron chi connectivity index (χ3n) is 11.6. The first-order valence-corrected chi connectivity index (χ1v) is 22.7. The molecule has 2 heterocycles. The van der Waals surface area contributed by atoms with Gasteiger partial charge in [-0.05, 0) is 38.9 Å². The van der Waals surface area contributed by atoms with Crippen LogP contribution in [0.15, 0.2) is 187 Å². The lowest BCUT2D eigenvalue weighted by molar-refractivity contribution is -0.355. The number of hydrogen-bond donors (Lipinski definition) is 1. The maximum absolute atomic E-state index is 11.8. The molecule has 0 aliphatic carbocycles. The standard InChI is InChI=1S/C54H57N3O10/c55-57-56-47-50(62-34-42-25-13-4-14-26-42)48(61-33-41-23-11-3-12-24-41)45(37-59-31-39-19-7-1-8-20-39)66-54(47)67-49-46(38-60-32-40-21-9-2-10-22-40)65-53(58)52(64-36-44-29-17-6-18-30-44)51(49)63-35-43-27-15-5-16-28-43/h1-30,45-54,58H,31-38H2/t45-,46-,47-,48-,49-,50-,51+,52+,53-,54+/m1/s1. The van der Waals surface area contributed by atoms with Crippen LogP contribution in [0.25, 0.3) is 10.4 Å². The minimum Gasteiger partial charge on any atom is -0.374 e. The van der Waals surface area contributed by atoms with Gasteiger partial charge in [0, 0.05) is 4.91 Å². The second kappa shape index (κ2) is 25.4. The molecule has 2 aliphatic heterocycles. The molecule has 8 rings (SSSR count). The molecule has 0 unspecified atom stereocenters. The summed E-state index contributed by atoms with van der Waals surface area (Å²) in [5.74, 6) is 0. The first-order chi connectivity index (χ1) is 33.1. The van der Waals surface area contributed by atoms with Gasteiger partial charge in [-0.2, -0.15) is 0 Å². The van der Waals surface area contributed by atoms with Crippen LogP contribution in [0, 0.1) is 0 Å². The Morgan fingerprint density at radius 1 is 0.418 bits per heavy atom. The average Bonchev–Trinajstić information content (AvgIpc) is 3.37. The fraction of sp³-hybridized carbons (Fsp3) is 0.333. The van der Waals surface area contributed by atoms with E-state index < -0.39 is 61.3 Å². The molecule has 348 valence electrons. The van der Waals surface area contributed by atoms with Crippen molar-refractivity contribution < 1.29 is 47.7 Å². The van der Waals surface area contributed by atoms with Gasteiger partial charge in [0.2, 0.25) is 0 Å². The largest absolute Gasteiger partial charge is 0.374 e. The number of hydrogen-bond acceptors (Lipinski definition) is 11. The van der Waals surface area contributed by atoms with E-state index in [-0.39, 0.29) is 46.2 Å². The number of rotatable bonds is 23. The van der Waals surface area contributed by atoms with Crippen molar-refractivity contribution in [2.45, 2.75) is 101 Å². The van der Waals surface area contributed by atoms with Crippen LogP contribution in [-0.4, -0.2) is 79.7 Å². The molecular weight excluding hydrogens is 851 g/mol. The molecule has 2 fully saturated rings. The molecule has 13 heteroatoms. The number of aliphatic hydroxyl groups is 1. The van der Waals surface area contributed by atoms with Crippen LogP contribution in [-0.2, 0) is 82.3 Å². The van der Waals surface area contributed by atoms with Crippen molar-refractivity contribution in [1.82, 2.24) is 0 Å². The number of benzene rings is 6. The highest BCUT2D eigenvalue weighted by atomic mass is 16.7. The highest BCUT2D eigenvalue weighted by molar-refractivity contribution is 5.18. The lowest BCUT2D eigenvalue weighted by Crippen LogP contribution is -2.65. The molecule has 2 saturated heterocycles. The van der Waals surface area contributed by atoms with Gasteiger partial charge in [0.15, 0.2) is 12.6 Å². The molecule has 0 radical (unpaired) electrons. The van der Waals surface area contributed by atoms with Gasteiger partial charge in [0.1, 0.15) is 48.8 Å². The van der Waals surface area contributed by atoms with Gasteiger partial charge in [0.05, 0.1) is 52.9 Å². The Kier molecular flexibility index (Phi) is 18.1. The number of ether oxygens (including phenoxy) is 9. The van der Waals surface area contributed by atoms with Gasteiger partial charge in [-0.3, -0.25) is 0 Å². The van der Waals surface area contributed by atoms with Gasteiger partial charge >= 0.3 is 0 Å². The number of aliphatic hydroxyl groups excluding tert-OH is 1. The summed E-state index contributed by atoms with van der Waals surface area (Å²) in [5.41, 5.74) is 15.8. The smallest absolute Gasteiger partial charge is 0.184 e. The minimum absolute atomic E-state index is 0.00745. The third-order valence-corrected chi connectivity index (χ3v) is 11.6. The van der Waals surface area contributed by atoms with E-state index >= 15 is 0 Å². The van der Waals surface area contributed by atoms with Crippen LogP contribution in [0.3, 0.4) is 0 Å². The lowest BCUT2D eigenvalue weighted by atomic mass is 9.95. The van der Waals surface area contributed by atoms with E-state index in [9.17, 15) is 10.6 Å². The van der Waals surface area contributed by atoms with Crippen LogP contribution in [0.2, 0.25) is 0 Å². The predicted octanol–water partition coefficient (Wildman–Crippen LogP) is 9.27. The Labute approximate surface area is 391 Å². The van der Waals surface area contributed by atoms with Crippen molar-refractivity contribution in [3.8, 4) is 0 Å². The van der Waals surface area contributed by atoms with Crippen molar-refractivity contribution in [2.24, 2.45) is 5.11 Å². The summed E-state index contributed by atoms with van der Waals surface area (Å²) in [6, 6.07) is 57.4. The molecule has 6 aromatic carbocycles. The van der Waals surface area contributed by atoms with Crippen molar-refractivity contribution in [1.29, 1.82) is 0 Å².